The quantitative estimate of drug-likeness (QED) is 0.821. The molecule has 4 heteroatoms. The van der Waals surface area contributed by atoms with Crippen molar-refractivity contribution in [2.75, 3.05) is 5.32 Å². The number of hydrogen-bond donors (Lipinski definition) is 2. The van der Waals surface area contributed by atoms with Gasteiger partial charge in [-0.25, -0.2) is 0 Å². The van der Waals surface area contributed by atoms with Crippen molar-refractivity contribution in [1.29, 1.82) is 0 Å². The molecule has 2 N–H and O–H groups in total. The second kappa shape index (κ2) is 7.82. The molecule has 0 fully saturated rings. The van der Waals surface area contributed by atoms with Crippen LogP contribution in [0.3, 0.4) is 0 Å². The highest BCUT2D eigenvalue weighted by atomic mass is 35.5. The van der Waals surface area contributed by atoms with Crippen LogP contribution in [-0.2, 0) is 16.8 Å². The van der Waals surface area contributed by atoms with Crippen molar-refractivity contribution in [1.82, 2.24) is 5.32 Å². The lowest BCUT2D eigenvalue weighted by Crippen LogP contribution is -2.37. The summed E-state index contributed by atoms with van der Waals surface area (Å²) in [5, 5.41) is 6.84. The van der Waals surface area contributed by atoms with E-state index in [0.29, 0.717) is 11.6 Å². The van der Waals surface area contributed by atoms with Gasteiger partial charge >= 0.3 is 0 Å². The molecule has 1 amide bonds. The van der Waals surface area contributed by atoms with Gasteiger partial charge in [-0.05, 0) is 41.7 Å². The number of rotatable bonds is 5. The van der Waals surface area contributed by atoms with Gasteiger partial charge in [0.15, 0.2) is 0 Å². The van der Waals surface area contributed by atoms with Crippen LogP contribution in [-0.4, -0.2) is 11.9 Å². The molecule has 0 aliphatic rings. The standard InChI is InChI=1S/C20H25ClN2O/c1-14(22-13-15-7-5-6-8-18(15)21)19(24)23-17-11-9-16(10-12-17)20(2,3)4/h5-12,14,22H,13H2,1-4H3,(H,23,24)/t14-/m0/s1. The average Bonchev–Trinajstić information content (AvgIpc) is 2.53. The number of carbonyl (C=O) groups excluding carboxylic acids is 1. The van der Waals surface area contributed by atoms with E-state index in [0.717, 1.165) is 11.3 Å². The van der Waals surface area contributed by atoms with E-state index in [1.807, 2.05) is 43.3 Å². The first kappa shape index (κ1) is 18.5. The normalized spacial score (nSPS) is 12.7. The lowest BCUT2D eigenvalue weighted by Gasteiger charge is -2.19. The summed E-state index contributed by atoms with van der Waals surface area (Å²) in [4.78, 5) is 12.3. The zero-order chi connectivity index (χ0) is 17.7. The molecule has 0 aliphatic carbocycles. The summed E-state index contributed by atoms with van der Waals surface area (Å²) in [6.45, 7) is 8.90. The minimum atomic E-state index is -0.316. The Morgan fingerprint density at radius 2 is 1.71 bits per heavy atom. The van der Waals surface area contributed by atoms with Gasteiger partial charge in [0.25, 0.3) is 0 Å². The Kier molecular flexibility index (Phi) is 6.03. The summed E-state index contributed by atoms with van der Waals surface area (Å²) >= 11 is 6.13. The molecule has 2 aromatic rings. The predicted molar refractivity (Wildman–Crippen MR) is 102 cm³/mol. The number of halogens is 1. The number of benzene rings is 2. The Morgan fingerprint density at radius 1 is 1.08 bits per heavy atom. The fraction of sp³-hybridized carbons (Fsp3) is 0.350. The van der Waals surface area contributed by atoms with Gasteiger partial charge in [0.1, 0.15) is 0 Å². The Bertz CT molecular complexity index is 690. The van der Waals surface area contributed by atoms with Gasteiger partial charge in [-0.15, -0.1) is 0 Å². The summed E-state index contributed by atoms with van der Waals surface area (Å²) in [7, 11) is 0. The molecule has 128 valence electrons. The Morgan fingerprint density at radius 3 is 2.29 bits per heavy atom. The molecule has 0 saturated heterocycles. The molecule has 0 aliphatic heterocycles. The van der Waals surface area contributed by atoms with Crippen molar-refractivity contribution in [3.05, 3.63) is 64.7 Å². The van der Waals surface area contributed by atoms with Crippen molar-refractivity contribution in [2.45, 2.75) is 45.7 Å². The van der Waals surface area contributed by atoms with Crippen molar-refractivity contribution in [3.63, 3.8) is 0 Å². The SMILES string of the molecule is C[C@H](NCc1ccccc1Cl)C(=O)Nc1ccc(C(C)(C)C)cc1. The molecule has 0 aromatic heterocycles. The molecule has 0 heterocycles. The zero-order valence-corrected chi connectivity index (χ0v) is 15.4. The highest BCUT2D eigenvalue weighted by Gasteiger charge is 2.15. The van der Waals surface area contributed by atoms with Gasteiger partial charge in [0, 0.05) is 17.3 Å². The fourth-order valence-electron chi connectivity index (χ4n) is 2.30. The van der Waals surface area contributed by atoms with Crippen LogP contribution in [0, 0.1) is 0 Å². The van der Waals surface area contributed by atoms with E-state index in [1.165, 1.54) is 5.56 Å². The number of amides is 1. The van der Waals surface area contributed by atoms with E-state index in [2.05, 4.69) is 43.5 Å². The van der Waals surface area contributed by atoms with E-state index in [-0.39, 0.29) is 17.4 Å². The summed E-state index contributed by atoms with van der Waals surface area (Å²) < 4.78 is 0. The predicted octanol–water partition coefficient (Wildman–Crippen LogP) is 4.75. The summed E-state index contributed by atoms with van der Waals surface area (Å²) in [6, 6.07) is 15.3. The third-order valence-corrected chi connectivity index (χ3v) is 4.34. The minimum absolute atomic E-state index is 0.0643. The monoisotopic (exact) mass is 344 g/mol. The van der Waals surface area contributed by atoms with E-state index in [4.69, 9.17) is 11.6 Å². The van der Waals surface area contributed by atoms with Crippen molar-refractivity contribution < 1.29 is 4.79 Å². The number of carbonyl (C=O) groups is 1. The Labute approximate surface area is 149 Å². The van der Waals surface area contributed by atoms with Gasteiger partial charge in [0.05, 0.1) is 6.04 Å². The molecule has 0 unspecified atom stereocenters. The van der Waals surface area contributed by atoms with Crippen LogP contribution in [0.5, 0.6) is 0 Å². The van der Waals surface area contributed by atoms with Gasteiger partial charge < -0.3 is 10.6 Å². The van der Waals surface area contributed by atoms with Crippen LogP contribution in [0.1, 0.15) is 38.8 Å². The maximum absolute atomic E-state index is 12.3. The summed E-state index contributed by atoms with van der Waals surface area (Å²) in [6.07, 6.45) is 0. The van der Waals surface area contributed by atoms with Crippen LogP contribution in [0.15, 0.2) is 48.5 Å². The molecule has 0 spiro atoms. The average molecular weight is 345 g/mol. The molecule has 1 atom stereocenters. The second-order valence-corrected chi connectivity index (χ2v) is 7.42. The van der Waals surface area contributed by atoms with Crippen molar-refractivity contribution in [3.8, 4) is 0 Å². The number of hydrogen-bond acceptors (Lipinski definition) is 2. The first-order chi connectivity index (χ1) is 11.3. The van der Waals surface area contributed by atoms with Crippen LogP contribution in [0.4, 0.5) is 5.69 Å². The van der Waals surface area contributed by atoms with Crippen LogP contribution >= 0.6 is 11.6 Å². The molecule has 24 heavy (non-hydrogen) atoms. The lowest BCUT2D eigenvalue weighted by molar-refractivity contribution is -0.117. The smallest absolute Gasteiger partial charge is 0.241 e. The van der Waals surface area contributed by atoms with Crippen LogP contribution in [0.2, 0.25) is 5.02 Å². The molecule has 0 radical (unpaired) electrons. The minimum Gasteiger partial charge on any atom is -0.325 e. The Hall–Kier alpha value is -1.84. The first-order valence-corrected chi connectivity index (χ1v) is 8.53. The molecular formula is C20H25ClN2O. The lowest BCUT2D eigenvalue weighted by atomic mass is 9.87. The molecule has 2 aromatic carbocycles. The molecule has 0 saturated carbocycles. The number of nitrogens with one attached hydrogen (secondary N) is 2. The van der Waals surface area contributed by atoms with Crippen LogP contribution < -0.4 is 10.6 Å². The zero-order valence-electron chi connectivity index (χ0n) is 14.7. The molecule has 3 nitrogen and oxygen atoms in total. The molecular weight excluding hydrogens is 320 g/mol. The second-order valence-electron chi connectivity index (χ2n) is 7.01. The third kappa shape index (κ3) is 5.08. The van der Waals surface area contributed by atoms with E-state index >= 15 is 0 Å². The van der Waals surface area contributed by atoms with Crippen LogP contribution in [0.25, 0.3) is 0 Å². The van der Waals surface area contributed by atoms with Gasteiger partial charge in [-0.2, -0.15) is 0 Å². The Balaban J connectivity index is 1.91. The van der Waals surface area contributed by atoms with E-state index in [9.17, 15) is 4.79 Å². The number of anilines is 1. The van der Waals surface area contributed by atoms with Crippen molar-refractivity contribution in [2.24, 2.45) is 0 Å². The summed E-state index contributed by atoms with van der Waals surface area (Å²) in [5.41, 5.74) is 3.13. The molecule has 0 bridgehead atoms. The highest BCUT2D eigenvalue weighted by Crippen LogP contribution is 2.23. The summed E-state index contributed by atoms with van der Waals surface area (Å²) in [5.74, 6) is -0.0643. The van der Waals surface area contributed by atoms with Gasteiger partial charge in [-0.1, -0.05) is 62.7 Å². The highest BCUT2D eigenvalue weighted by molar-refractivity contribution is 6.31. The van der Waals surface area contributed by atoms with E-state index in [1.54, 1.807) is 0 Å². The third-order valence-electron chi connectivity index (χ3n) is 3.97. The van der Waals surface area contributed by atoms with Gasteiger partial charge in [0.2, 0.25) is 5.91 Å². The van der Waals surface area contributed by atoms with Crippen molar-refractivity contribution >= 4 is 23.2 Å². The van der Waals surface area contributed by atoms with Gasteiger partial charge in [-0.3, -0.25) is 4.79 Å². The first-order valence-electron chi connectivity index (χ1n) is 8.15. The largest absolute Gasteiger partial charge is 0.325 e. The maximum Gasteiger partial charge on any atom is 0.241 e. The van der Waals surface area contributed by atoms with E-state index < -0.39 is 0 Å². The maximum atomic E-state index is 12.3. The fourth-order valence-corrected chi connectivity index (χ4v) is 2.50. The topological polar surface area (TPSA) is 41.1 Å². The molecule has 2 rings (SSSR count).